The van der Waals surface area contributed by atoms with Crippen molar-refractivity contribution in [2.24, 2.45) is 7.05 Å². The molecule has 3 aromatic rings. The largest absolute Gasteiger partial charge is 0.476 e. The molecule has 2 aromatic heterocycles. The van der Waals surface area contributed by atoms with Crippen molar-refractivity contribution in [3.05, 3.63) is 36.2 Å². The number of hydrogen-bond donors (Lipinski definition) is 1. The van der Waals surface area contributed by atoms with Crippen molar-refractivity contribution in [3.63, 3.8) is 0 Å². The molecule has 1 N–H and O–H groups in total. The van der Waals surface area contributed by atoms with E-state index in [9.17, 15) is 4.79 Å². The van der Waals surface area contributed by atoms with Crippen LogP contribution in [0.5, 0.6) is 0 Å². The lowest BCUT2D eigenvalue weighted by atomic mass is 10.1. The summed E-state index contributed by atoms with van der Waals surface area (Å²) in [6.45, 7) is 0. The molecule has 0 amide bonds. The average Bonchev–Trinajstić information content (AvgIpc) is 2.94. The summed E-state index contributed by atoms with van der Waals surface area (Å²) >= 11 is 0. The molecule has 0 unspecified atom stereocenters. The minimum atomic E-state index is -1.05. The maximum absolute atomic E-state index is 10.9. The van der Waals surface area contributed by atoms with E-state index < -0.39 is 5.97 Å². The smallest absolute Gasteiger partial charge is 0.356 e. The fraction of sp³-hybridized carbons (Fsp3) is 0.0833. The predicted octanol–water partition coefficient (Wildman–Crippen LogP) is 1.93. The van der Waals surface area contributed by atoms with Gasteiger partial charge in [-0.1, -0.05) is 17.3 Å². The molecule has 6 nitrogen and oxygen atoms in total. The van der Waals surface area contributed by atoms with E-state index in [1.165, 1.54) is 10.7 Å². The number of benzene rings is 1. The van der Waals surface area contributed by atoms with Crippen molar-refractivity contribution in [1.29, 1.82) is 0 Å². The zero-order chi connectivity index (χ0) is 12.7. The third-order valence-corrected chi connectivity index (χ3v) is 2.77. The van der Waals surface area contributed by atoms with E-state index >= 15 is 0 Å². The summed E-state index contributed by atoms with van der Waals surface area (Å²) in [4.78, 5) is 10.9. The van der Waals surface area contributed by atoms with Crippen LogP contribution >= 0.6 is 0 Å². The first kappa shape index (κ1) is 10.5. The fourth-order valence-corrected chi connectivity index (χ4v) is 1.94. The average molecular weight is 243 g/mol. The quantitative estimate of drug-likeness (QED) is 0.743. The highest BCUT2D eigenvalue weighted by Gasteiger charge is 2.15. The molecule has 0 aliphatic carbocycles. The van der Waals surface area contributed by atoms with Crippen molar-refractivity contribution < 1.29 is 14.4 Å². The van der Waals surface area contributed by atoms with Crippen LogP contribution in [-0.4, -0.2) is 26.0 Å². The summed E-state index contributed by atoms with van der Waals surface area (Å²) in [5, 5.41) is 17.4. The van der Waals surface area contributed by atoms with Gasteiger partial charge in [-0.2, -0.15) is 5.10 Å². The van der Waals surface area contributed by atoms with Crippen LogP contribution < -0.4 is 0 Å². The van der Waals surface area contributed by atoms with Gasteiger partial charge < -0.3 is 9.63 Å². The Morgan fingerprint density at radius 1 is 1.44 bits per heavy atom. The van der Waals surface area contributed by atoms with Crippen LogP contribution in [0, 0.1) is 0 Å². The van der Waals surface area contributed by atoms with Crippen LogP contribution in [0.3, 0.4) is 0 Å². The summed E-state index contributed by atoms with van der Waals surface area (Å²) in [6, 6.07) is 7.04. The van der Waals surface area contributed by atoms with Gasteiger partial charge in [-0.05, 0) is 12.1 Å². The topological polar surface area (TPSA) is 81.2 Å². The first-order chi connectivity index (χ1) is 8.66. The molecule has 2 heterocycles. The van der Waals surface area contributed by atoms with Crippen LogP contribution in [-0.2, 0) is 7.05 Å². The number of hydrogen-bond acceptors (Lipinski definition) is 4. The Hall–Kier alpha value is -2.63. The molecule has 0 spiro atoms. The van der Waals surface area contributed by atoms with E-state index in [1.807, 2.05) is 12.1 Å². The molecule has 3 rings (SSSR count). The van der Waals surface area contributed by atoms with Gasteiger partial charge in [-0.25, -0.2) is 4.79 Å². The summed E-state index contributed by atoms with van der Waals surface area (Å²) in [5.74, 6) is -1.05. The fourth-order valence-electron chi connectivity index (χ4n) is 1.94. The van der Waals surface area contributed by atoms with Crippen molar-refractivity contribution in [1.82, 2.24) is 14.9 Å². The third-order valence-electron chi connectivity index (χ3n) is 2.77. The molecule has 0 fully saturated rings. The van der Waals surface area contributed by atoms with Crippen LogP contribution in [0.1, 0.15) is 10.5 Å². The van der Waals surface area contributed by atoms with E-state index in [2.05, 4.69) is 10.3 Å². The van der Waals surface area contributed by atoms with Crippen LogP contribution in [0.15, 0.2) is 35.0 Å². The molecule has 0 bridgehead atoms. The molecule has 0 aliphatic rings. The van der Waals surface area contributed by atoms with Gasteiger partial charge in [0.1, 0.15) is 0 Å². The number of aromatic nitrogens is 3. The molecule has 0 saturated carbocycles. The lowest BCUT2D eigenvalue weighted by molar-refractivity contribution is 0.0689. The first-order valence-corrected chi connectivity index (χ1v) is 5.28. The summed E-state index contributed by atoms with van der Waals surface area (Å²) < 4.78 is 6.61. The van der Waals surface area contributed by atoms with Crippen LogP contribution in [0.25, 0.3) is 22.2 Å². The number of aryl methyl sites for hydroxylation is 1. The molecule has 0 atom stereocenters. The number of fused-ring (bicyclic) bond motifs is 1. The van der Waals surface area contributed by atoms with Gasteiger partial charge in [0, 0.05) is 12.6 Å². The third kappa shape index (κ3) is 1.46. The number of carboxylic acid groups (broad SMARTS) is 1. The molecule has 0 aliphatic heterocycles. The molecule has 18 heavy (non-hydrogen) atoms. The van der Waals surface area contributed by atoms with Crippen LogP contribution in [0.4, 0.5) is 0 Å². The monoisotopic (exact) mass is 243 g/mol. The molecule has 0 radical (unpaired) electrons. The zero-order valence-electron chi connectivity index (χ0n) is 9.49. The lowest BCUT2D eigenvalue weighted by Gasteiger charge is -2.01. The Bertz CT molecular complexity index is 742. The van der Waals surface area contributed by atoms with Crippen LogP contribution in [0.2, 0.25) is 0 Å². The van der Waals surface area contributed by atoms with E-state index in [-0.39, 0.29) is 5.69 Å². The number of carbonyl (C=O) groups is 1. The van der Waals surface area contributed by atoms with Gasteiger partial charge in [0.25, 0.3) is 0 Å². The van der Waals surface area contributed by atoms with Gasteiger partial charge in [-0.15, -0.1) is 0 Å². The van der Waals surface area contributed by atoms with Gasteiger partial charge >= 0.3 is 5.97 Å². The Balaban J connectivity index is 2.26. The Kier molecular flexibility index (Phi) is 2.16. The number of rotatable bonds is 2. The molecular weight excluding hydrogens is 234 g/mol. The minimum Gasteiger partial charge on any atom is -0.476 e. The van der Waals surface area contributed by atoms with Gasteiger partial charge in [0.15, 0.2) is 11.3 Å². The first-order valence-electron chi connectivity index (χ1n) is 5.28. The predicted molar refractivity (Wildman–Crippen MR) is 63.2 cm³/mol. The van der Waals surface area contributed by atoms with Crippen molar-refractivity contribution >= 4 is 16.9 Å². The standard InChI is InChI=1S/C12H9N3O3/c1-15-10(5-9(14-15)12(16)17)7-3-2-4-11-8(7)6-13-18-11/h2-6H,1H3,(H,16,17). The van der Waals surface area contributed by atoms with E-state index in [4.69, 9.17) is 9.63 Å². The van der Waals surface area contributed by atoms with E-state index in [0.717, 1.165) is 10.9 Å². The molecular formula is C12H9N3O3. The number of aromatic carboxylic acids is 1. The maximum Gasteiger partial charge on any atom is 0.356 e. The van der Waals surface area contributed by atoms with Gasteiger partial charge in [-0.3, -0.25) is 4.68 Å². The van der Waals surface area contributed by atoms with E-state index in [0.29, 0.717) is 11.3 Å². The molecule has 0 saturated heterocycles. The molecule has 6 heteroatoms. The number of nitrogens with zero attached hydrogens (tertiary/aromatic N) is 3. The highest BCUT2D eigenvalue weighted by molar-refractivity contribution is 5.94. The zero-order valence-corrected chi connectivity index (χ0v) is 9.49. The van der Waals surface area contributed by atoms with Crippen molar-refractivity contribution in [3.8, 4) is 11.3 Å². The minimum absolute atomic E-state index is 0.0148. The SMILES string of the molecule is Cn1nc(C(=O)O)cc1-c1cccc2oncc12. The second-order valence-electron chi connectivity index (χ2n) is 3.89. The van der Waals surface area contributed by atoms with Gasteiger partial charge in [0.2, 0.25) is 0 Å². The summed E-state index contributed by atoms with van der Waals surface area (Å²) in [5.41, 5.74) is 2.23. The highest BCUT2D eigenvalue weighted by Crippen LogP contribution is 2.28. The second-order valence-corrected chi connectivity index (χ2v) is 3.89. The van der Waals surface area contributed by atoms with Crippen molar-refractivity contribution in [2.45, 2.75) is 0 Å². The Morgan fingerprint density at radius 2 is 2.28 bits per heavy atom. The number of carboxylic acids is 1. The molecule has 90 valence electrons. The second kappa shape index (κ2) is 3.69. The summed E-state index contributed by atoms with van der Waals surface area (Å²) in [7, 11) is 1.70. The summed E-state index contributed by atoms with van der Waals surface area (Å²) in [6.07, 6.45) is 1.61. The molecule has 1 aromatic carbocycles. The van der Waals surface area contributed by atoms with Crippen molar-refractivity contribution in [2.75, 3.05) is 0 Å². The maximum atomic E-state index is 10.9. The van der Waals surface area contributed by atoms with E-state index in [1.54, 1.807) is 19.3 Å². The highest BCUT2D eigenvalue weighted by atomic mass is 16.5. The van der Waals surface area contributed by atoms with Gasteiger partial charge in [0.05, 0.1) is 17.3 Å². The lowest BCUT2D eigenvalue weighted by Crippen LogP contribution is -1.99. The Labute approximate surface area is 101 Å². The normalized spacial score (nSPS) is 10.9. The Morgan fingerprint density at radius 3 is 3.00 bits per heavy atom.